The van der Waals surface area contributed by atoms with Crippen LogP contribution in [0.25, 0.3) is 0 Å². The van der Waals surface area contributed by atoms with Crippen molar-refractivity contribution in [1.29, 1.82) is 0 Å². The number of carbonyl (C=O) groups is 1. The molecule has 3 nitrogen and oxygen atoms in total. The SMILES string of the molecule is COC(=O)c1ccc(CNC2CC2)cc1F. The van der Waals surface area contributed by atoms with Crippen LogP contribution in [0.2, 0.25) is 0 Å². The third kappa shape index (κ3) is 2.58. The highest BCUT2D eigenvalue weighted by atomic mass is 19.1. The lowest BCUT2D eigenvalue weighted by Crippen LogP contribution is -2.15. The van der Waals surface area contributed by atoms with Gasteiger partial charge < -0.3 is 10.1 Å². The Kier molecular flexibility index (Phi) is 3.19. The molecule has 0 aromatic heterocycles. The van der Waals surface area contributed by atoms with Gasteiger partial charge in [0.2, 0.25) is 0 Å². The van der Waals surface area contributed by atoms with Gasteiger partial charge in [0.05, 0.1) is 12.7 Å². The highest BCUT2D eigenvalue weighted by Crippen LogP contribution is 2.19. The molecule has 0 heterocycles. The van der Waals surface area contributed by atoms with Crippen molar-refractivity contribution in [2.75, 3.05) is 7.11 Å². The van der Waals surface area contributed by atoms with E-state index in [2.05, 4.69) is 10.1 Å². The molecule has 0 saturated heterocycles. The molecule has 0 bridgehead atoms. The Labute approximate surface area is 93.6 Å². The van der Waals surface area contributed by atoms with Gasteiger partial charge in [-0.15, -0.1) is 0 Å². The zero-order valence-corrected chi connectivity index (χ0v) is 9.13. The molecule has 0 aliphatic heterocycles. The molecule has 1 aromatic carbocycles. The summed E-state index contributed by atoms with van der Waals surface area (Å²) in [4.78, 5) is 11.1. The van der Waals surface area contributed by atoms with Gasteiger partial charge in [0, 0.05) is 12.6 Å². The number of carbonyl (C=O) groups excluding carboxylic acids is 1. The van der Waals surface area contributed by atoms with Crippen LogP contribution < -0.4 is 5.32 Å². The van der Waals surface area contributed by atoms with Gasteiger partial charge in [-0.1, -0.05) is 6.07 Å². The third-order valence-electron chi connectivity index (χ3n) is 2.61. The molecule has 4 heteroatoms. The molecular weight excluding hydrogens is 209 g/mol. The van der Waals surface area contributed by atoms with E-state index in [1.165, 1.54) is 32.1 Å². The molecule has 1 aliphatic carbocycles. The van der Waals surface area contributed by atoms with Crippen LogP contribution in [0.3, 0.4) is 0 Å². The number of hydrogen-bond donors (Lipinski definition) is 1. The first-order chi connectivity index (χ1) is 7.70. The van der Waals surface area contributed by atoms with Crippen molar-refractivity contribution in [1.82, 2.24) is 5.32 Å². The molecule has 0 radical (unpaired) electrons. The van der Waals surface area contributed by atoms with Gasteiger partial charge in [-0.05, 0) is 30.5 Å². The molecule has 1 fully saturated rings. The summed E-state index contributed by atoms with van der Waals surface area (Å²) in [6.45, 7) is 0.642. The van der Waals surface area contributed by atoms with E-state index in [0.29, 0.717) is 12.6 Å². The largest absolute Gasteiger partial charge is 0.465 e. The molecule has 16 heavy (non-hydrogen) atoms. The van der Waals surface area contributed by atoms with Crippen molar-refractivity contribution >= 4 is 5.97 Å². The fourth-order valence-electron chi connectivity index (χ4n) is 1.49. The maximum atomic E-state index is 13.5. The second-order valence-corrected chi connectivity index (χ2v) is 3.96. The van der Waals surface area contributed by atoms with Gasteiger partial charge in [0.25, 0.3) is 0 Å². The molecule has 0 unspecified atom stereocenters. The molecule has 0 atom stereocenters. The minimum Gasteiger partial charge on any atom is -0.465 e. The summed E-state index contributed by atoms with van der Waals surface area (Å²) in [5.74, 6) is -1.17. The van der Waals surface area contributed by atoms with E-state index in [9.17, 15) is 9.18 Å². The molecule has 1 aliphatic rings. The molecule has 0 spiro atoms. The van der Waals surface area contributed by atoms with Gasteiger partial charge in [-0.2, -0.15) is 0 Å². The van der Waals surface area contributed by atoms with Crippen LogP contribution in [0.1, 0.15) is 28.8 Å². The van der Waals surface area contributed by atoms with Crippen molar-refractivity contribution in [3.63, 3.8) is 0 Å². The summed E-state index contributed by atoms with van der Waals surface area (Å²) in [5.41, 5.74) is 0.828. The third-order valence-corrected chi connectivity index (χ3v) is 2.61. The summed E-state index contributed by atoms with van der Waals surface area (Å²) >= 11 is 0. The Morgan fingerprint density at radius 2 is 2.31 bits per heavy atom. The molecule has 1 aromatic rings. The quantitative estimate of drug-likeness (QED) is 0.792. The second kappa shape index (κ2) is 4.61. The van der Waals surface area contributed by atoms with Gasteiger partial charge in [-0.3, -0.25) is 0 Å². The zero-order chi connectivity index (χ0) is 11.5. The summed E-state index contributed by atoms with van der Waals surface area (Å²) in [7, 11) is 1.24. The number of halogens is 1. The average Bonchev–Trinajstić information content (AvgIpc) is 3.09. The average molecular weight is 223 g/mol. The summed E-state index contributed by atoms with van der Waals surface area (Å²) < 4.78 is 18.0. The van der Waals surface area contributed by atoms with E-state index >= 15 is 0 Å². The first-order valence-electron chi connectivity index (χ1n) is 5.31. The molecule has 2 rings (SSSR count). The lowest BCUT2D eigenvalue weighted by Gasteiger charge is -2.05. The number of esters is 1. The fourth-order valence-corrected chi connectivity index (χ4v) is 1.49. The zero-order valence-electron chi connectivity index (χ0n) is 9.13. The standard InChI is InChI=1S/C12H14FNO2/c1-16-12(15)10-5-2-8(6-11(10)13)7-14-9-3-4-9/h2,5-6,9,14H,3-4,7H2,1H3. The Hall–Kier alpha value is -1.42. The molecular formula is C12H14FNO2. The number of nitrogens with one attached hydrogen (secondary N) is 1. The van der Waals surface area contributed by atoms with Crippen LogP contribution in [0.15, 0.2) is 18.2 Å². The van der Waals surface area contributed by atoms with Crippen LogP contribution in [0.5, 0.6) is 0 Å². The van der Waals surface area contributed by atoms with Gasteiger partial charge in [0.1, 0.15) is 5.82 Å². The lowest BCUT2D eigenvalue weighted by atomic mass is 10.1. The van der Waals surface area contributed by atoms with Crippen molar-refractivity contribution in [2.24, 2.45) is 0 Å². The van der Waals surface area contributed by atoms with Crippen molar-refractivity contribution in [3.8, 4) is 0 Å². The lowest BCUT2D eigenvalue weighted by molar-refractivity contribution is 0.0595. The van der Waals surface area contributed by atoms with Gasteiger partial charge in [-0.25, -0.2) is 9.18 Å². The van der Waals surface area contributed by atoms with E-state index in [0.717, 1.165) is 5.56 Å². The van der Waals surface area contributed by atoms with Crippen molar-refractivity contribution < 1.29 is 13.9 Å². The molecule has 1 saturated carbocycles. The van der Waals surface area contributed by atoms with Crippen molar-refractivity contribution in [2.45, 2.75) is 25.4 Å². The maximum absolute atomic E-state index is 13.5. The first-order valence-corrected chi connectivity index (χ1v) is 5.31. The van der Waals surface area contributed by atoms with E-state index in [4.69, 9.17) is 0 Å². The number of methoxy groups -OCH3 is 1. The Morgan fingerprint density at radius 1 is 1.56 bits per heavy atom. The second-order valence-electron chi connectivity index (χ2n) is 3.96. The predicted molar refractivity (Wildman–Crippen MR) is 57.6 cm³/mol. The van der Waals surface area contributed by atoms with Gasteiger partial charge in [0.15, 0.2) is 0 Å². The smallest absolute Gasteiger partial charge is 0.340 e. The van der Waals surface area contributed by atoms with Crippen LogP contribution in [0.4, 0.5) is 4.39 Å². The van der Waals surface area contributed by atoms with Crippen LogP contribution in [-0.4, -0.2) is 19.1 Å². The van der Waals surface area contributed by atoms with Gasteiger partial charge >= 0.3 is 5.97 Å². The monoisotopic (exact) mass is 223 g/mol. The minimum absolute atomic E-state index is 0.0160. The number of hydrogen-bond acceptors (Lipinski definition) is 3. The Bertz CT molecular complexity index is 402. The topological polar surface area (TPSA) is 38.3 Å². The van der Waals surface area contributed by atoms with Crippen molar-refractivity contribution in [3.05, 3.63) is 35.1 Å². The minimum atomic E-state index is -0.640. The number of ether oxygens (including phenoxy) is 1. The fraction of sp³-hybridized carbons (Fsp3) is 0.417. The van der Waals surface area contributed by atoms with E-state index < -0.39 is 11.8 Å². The Balaban J connectivity index is 2.05. The highest BCUT2D eigenvalue weighted by Gasteiger charge is 2.20. The van der Waals surface area contributed by atoms with Crippen LogP contribution >= 0.6 is 0 Å². The van der Waals surface area contributed by atoms with E-state index in [1.807, 2.05) is 0 Å². The normalized spacial score (nSPS) is 14.9. The highest BCUT2D eigenvalue weighted by molar-refractivity contribution is 5.89. The maximum Gasteiger partial charge on any atom is 0.340 e. The summed E-state index contributed by atoms with van der Waals surface area (Å²) in [6.07, 6.45) is 2.39. The Morgan fingerprint density at radius 3 is 2.88 bits per heavy atom. The number of rotatable bonds is 4. The molecule has 0 amide bonds. The first kappa shape index (κ1) is 11.1. The van der Waals surface area contributed by atoms with Crippen LogP contribution in [0, 0.1) is 5.82 Å². The predicted octanol–water partition coefficient (Wildman–Crippen LogP) is 1.86. The van der Waals surface area contributed by atoms with E-state index in [-0.39, 0.29) is 5.56 Å². The molecule has 1 N–H and O–H groups in total. The molecule has 86 valence electrons. The number of benzene rings is 1. The summed E-state index contributed by atoms with van der Waals surface area (Å²) in [6, 6.07) is 5.17. The van der Waals surface area contributed by atoms with E-state index in [1.54, 1.807) is 6.07 Å². The summed E-state index contributed by atoms with van der Waals surface area (Å²) in [5, 5.41) is 3.28. The van der Waals surface area contributed by atoms with Crippen LogP contribution in [-0.2, 0) is 11.3 Å².